The van der Waals surface area contributed by atoms with Crippen LogP contribution in [0.1, 0.15) is 12.5 Å². The lowest BCUT2D eigenvalue weighted by atomic mass is 10.3. The number of nitrogens with zero attached hydrogens (tertiary/aromatic N) is 3. The predicted octanol–water partition coefficient (Wildman–Crippen LogP) is 1.60. The molecule has 0 bridgehead atoms. The fraction of sp³-hybridized carbons (Fsp3) is 0.333. The monoisotopic (exact) mass is 212 g/mol. The third-order valence-electron chi connectivity index (χ3n) is 1.78. The second kappa shape index (κ2) is 4.81. The summed E-state index contributed by atoms with van der Waals surface area (Å²) in [5.41, 5.74) is 6.42. The van der Waals surface area contributed by atoms with Crippen LogP contribution in [0.2, 0.25) is 5.15 Å². The number of hydrogen-bond donors (Lipinski definition) is 1. The van der Waals surface area contributed by atoms with Crippen LogP contribution in [0.15, 0.2) is 17.2 Å². The average Bonchev–Trinajstić information content (AvgIpc) is 2.16. The Kier molecular flexibility index (Phi) is 3.71. The van der Waals surface area contributed by atoms with Crippen molar-refractivity contribution in [2.45, 2.75) is 6.92 Å². The number of hydrogen-bond acceptors (Lipinski definition) is 4. The second-order valence-corrected chi connectivity index (χ2v) is 3.21. The standard InChI is InChI=1S/C9H13ClN4/c1-3-14(2)12-6-7-4-5-8(10)13-9(7)11/h4-6H,3H2,1-2H3,(H2,11,13)/b12-6+. The van der Waals surface area contributed by atoms with Gasteiger partial charge >= 0.3 is 0 Å². The normalized spacial score (nSPS) is 10.8. The molecule has 1 aromatic heterocycles. The van der Waals surface area contributed by atoms with Gasteiger partial charge in [0.1, 0.15) is 11.0 Å². The van der Waals surface area contributed by atoms with Gasteiger partial charge in [-0.3, -0.25) is 0 Å². The zero-order valence-electron chi connectivity index (χ0n) is 8.24. The first kappa shape index (κ1) is 10.8. The molecule has 0 aliphatic heterocycles. The van der Waals surface area contributed by atoms with Crippen molar-refractivity contribution < 1.29 is 0 Å². The van der Waals surface area contributed by atoms with Crippen LogP contribution in [0, 0.1) is 0 Å². The third-order valence-corrected chi connectivity index (χ3v) is 1.99. The number of aromatic nitrogens is 1. The van der Waals surface area contributed by atoms with Crippen molar-refractivity contribution >= 4 is 23.6 Å². The molecule has 14 heavy (non-hydrogen) atoms. The Morgan fingerprint density at radius 3 is 2.93 bits per heavy atom. The van der Waals surface area contributed by atoms with E-state index in [4.69, 9.17) is 17.3 Å². The second-order valence-electron chi connectivity index (χ2n) is 2.83. The maximum absolute atomic E-state index is 5.66. The maximum atomic E-state index is 5.66. The molecule has 0 fully saturated rings. The highest BCUT2D eigenvalue weighted by molar-refractivity contribution is 6.29. The lowest BCUT2D eigenvalue weighted by Gasteiger charge is -2.08. The van der Waals surface area contributed by atoms with Crippen LogP contribution in [0.4, 0.5) is 5.82 Å². The third kappa shape index (κ3) is 2.88. The molecule has 0 radical (unpaired) electrons. The molecule has 0 aliphatic rings. The van der Waals surface area contributed by atoms with Crippen LogP contribution >= 0.6 is 11.6 Å². The van der Waals surface area contributed by atoms with Crippen LogP contribution in [0.5, 0.6) is 0 Å². The molecule has 0 unspecified atom stereocenters. The van der Waals surface area contributed by atoms with E-state index in [-0.39, 0.29) is 0 Å². The summed E-state index contributed by atoms with van der Waals surface area (Å²) in [6, 6.07) is 3.48. The molecule has 0 saturated heterocycles. The summed E-state index contributed by atoms with van der Waals surface area (Å²) in [4.78, 5) is 3.91. The van der Waals surface area contributed by atoms with E-state index < -0.39 is 0 Å². The molecule has 5 heteroatoms. The number of nitrogens with two attached hydrogens (primary N) is 1. The van der Waals surface area contributed by atoms with Crippen molar-refractivity contribution in [1.29, 1.82) is 0 Å². The minimum Gasteiger partial charge on any atom is -0.383 e. The van der Waals surface area contributed by atoms with Gasteiger partial charge in [-0.15, -0.1) is 0 Å². The lowest BCUT2D eigenvalue weighted by Crippen LogP contribution is -2.10. The Morgan fingerprint density at radius 2 is 2.36 bits per heavy atom. The Bertz CT molecular complexity index is 338. The van der Waals surface area contributed by atoms with Gasteiger partial charge in [-0.25, -0.2) is 4.98 Å². The van der Waals surface area contributed by atoms with Gasteiger partial charge in [-0.1, -0.05) is 11.6 Å². The minimum absolute atomic E-state index is 0.392. The highest BCUT2D eigenvalue weighted by Gasteiger charge is 1.98. The number of pyridine rings is 1. The molecule has 1 heterocycles. The van der Waals surface area contributed by atoms with Gasteiger partial charge in [0, 0.05) is 19.2 Å². The van der Waals surface area contributed by atoms with E-state index in [1.807, 2.05) is 14.0 Å². The van der Waals surface area contributed by atoms with Gasteiger partial charge in [0.15, 0.2) is 0 Å². The summed E-state index contributed by atoms with van der Waals surface area (Å²) in [5, 5.41) is 6.34. The summed E-state index contributed by atoms with van der Waals surface area (Å²) in [7, 11) is 1.88. The number of nitrogen functional groups attached to an aromatic ring is 1. The summed E-state index contributed by atoms with van der Waals surface area (Å²) in [6.07, 6.45) is 1.67. The zero-order chi connectivity index (χ0) is 10.6. The maximum Gasteiger partial charge on any atom is 0.134 e. The molecule has 0 aromatic carbocycles. The van der Waals surface area contributed by atoms with E-state index >= 15 is 0 Å². The first-order chi connectivity index (χ1) is 6.63. The van der Waals surface area contributed by atoms with Crippen LogP contribution in [0.3, 0.4) is 0 Å². The molecule has 4 nitrogen and oxygen atoms in total. The summed E-state index contributed by atoms with van der Waals surface area (Å²) in [5.74, 6) is 0.394. The van der Waals surface area contributed by atoms with Gasteiger partial charge in [-0.05, 0) is 19.1 Å². The molecule has 0 saturated carbocycles. The van der Waals surface area contributed by atoms with Crippen molar-refractivity contribution in [2.75, 3.05) is 19.3 Å². The molecule has 1 rings (SSSR count). The summed E-state index contributed by atoms with van der Waals surface area (Å²) in [6.45, 7) is 2.86. The Balaban J connectivity index is 2.82. The first-order valence-electron chi connectivity index (χ1n) is 4.30. The van der Waals surface area contributed by atoms with Crippen LogP contribution in [-0.4, -0.2) is 29.8 Å². The van der Waals surface area contributed by atoms with Gasteiger partial charge in [-0.2, -0.15) is 5.10 Å². The molecule has 76 valence electrons. The van der Waals surface area contributed by atoms with Crippen molar-refractivity contribution in [2.24, 2.45) is 5.10 Å². The predicted molar refractivity (Wildman–Crippen MR) is 59.6 cm³/mol. The number of rotatable bonds is 3. The van der Waals surface area contributed by atoms with Gasteiger partial charge in [0.2, 0.25) is 0 Å². The van der Waals surface area contributed by atoms with E-state index in [9.17, 15) is 0 Å². The minimum atomic E-state index is 0.392. The van der Waals surface area contributed by atoms with Crippen molar-refractivity contribution in [1.82, 2.24) is 9.99 Å². The SMILES string of the molecule is CCN(C)/N=C/c1ccc(Cl)nc1N. The van der Waals surface area contributed by atoms with E-state index in [1.54, 1.807) is 23.4 Å². The van der Waals surface area contributed by atoms with Gasteiger partial charge in [0.25, 0.3) is 0 Å². The summed E-state index contributed by atoms with van der Waals surface area (Å²) >= 11 is 5.66. The molecular formula is C9H13ClN4. The van der Waals surface area contributed by atoms with Gasteiger partial charge < -0.3 is 10.7 Å². The highest BCUT2D eigenvalue weighted by atomic mass is 35.5. The molecular weight excluding hydrogens is 200 g/mol. The Labute approximate surface area is 88.4 Å². The quantitative estimate of drug-likeness (QED) is 0.471. The van der Waals surface area contributed by atoms with Crippen LogP contribution in [0.25, 0.3) is 0 Å². The summed E-state index contributed by atoms with van der Waals surface area (Å²) < 4.78 is 0. The molecule has 0 aliphatic carbocycles. The topological polar surface area (TPSA) is 54.5 Å². The zero-order valence-corrected chi connectivity index (χ0v) is 8.99. The van der Waals surface area contributed by atoms with E-state index in [2.05, 4.69) is 10.1 Å². The van der Waals surface area contributed by atoms with Gasteiger partial charge in [0.05, 0.1) is 6.21 Å². The van der Waals surface area contributed by atoms with E-state index in [1.165, 1.54) is 0 Å². The van der Waals surface area contributed by atoms with Crippen LogP contribution in [-0.2, 0) is 0 Å². The molecule has 0 atom stereocenters. The lowest BCUT2D eigenvalue weighted by molar-refractivity contribution is 0.377. The smallest absolute Gasteiger partial charge is 0.134 e. The molecule has 0 spiro atoms. The van der Waals surface area contributed by atoms with Crippen molar-refractivity contribution in [3.8, 4) is 0 Å². The molecule has 1 aromatic rings. The number of halogens is 1. The number of hydrazone groups is 1. The first-order valence-corrected chi connectivity index (χ1v) is 4.68. The number of anilines is 1. The average molecular weight is 213 g/mol. The fourth-order valence-electron chi connectivity index (χ4n) is 0.812. The van der Waals surface area contributed by atoms with Crippen LogP contribution < -0.4 is 5.73 Å². The Morgan fingerprint density at radius 1 is 1.64 bits per heavy atom. The highest BCUT2D eigenvalue weighted by Crippen LogP contribution is 2.11. The molecule has 2 N–H and O–H groups in total. The Hall–Kier alpha value is -1.29. The van der Waals surface area contributed by atoms with Crippen molar-refractivity contribution in [3.05, 3.63) is 22.8 Å². The fourth-order valence-corrected chi connectivity index (χ4v) is 0.966. The molecule has 0 amide bonds. The van der Waals surface area contributed by atoms with Crippen molar-refractivity contribution in [3.63, 3.8) is 0 Å². The van der Waals surface area contributed by atoms with E-state index in [0.717, 1.165) is 12.1 Å². The van der Waals surface area contributed by atoms with E-state index in [0.29, 0.717) is 11.0 Å². The largest absolute Gasteiger partial charge is 0.383 e.